The van der Waals surface area contributed by atoms with Gasteiger partial charge in [0.1, 0.15) is 0 Å². The monoisotopic (exact) mass is 292 g/mol. The zero-order valence-electron chi connectivity index (χ0n) is 10.1. The number of amides is 1. The van der Waals surface area contributed by atoms with Gasteiger partial charge in [-0.1, -0.05) is 0 Å². The van der Waals surface area contributed by atoms with Crippen LogP contribution in [0.3, 0.4) is 0 Å². The van der Waals surface area contributed by atoms with Crippen molar-refractivity contribution in [2.24, 2.45) is 0 Å². The summed E-state index contributed by atoms with van der Waals surface area (Å²) in [6.45, 7) is -1.60. The molecule has 0 saturated heterocycles. The smallest absolute Gasteiger partial charge is 0.422 e. The minimum atomic E-state index is -4.50. The lowest BCUT2D eigenvalue weighted by Crippen LogP contribution is -2.26. The van der Waals surface area contributed by atoms with Crippen LogP contribution < -0.4 is 10.1 Å². The summed E-state index contributed by atoms with van der Waals surface area (Å²) >= 11 is 0. The van der Waals surface area contributed by atoms with Gasteiger partial charge in [-0.3, -0.25) is 9.59 Å². The van der Waals surface area contributed by atoms with E-state index in [0.29, 0.717) is 0 Å². The van der Waals surface area contributed by atoms with Gasteiger partial charge in [-0.25, -0.2) is 4.98 Å². The zero-order valence-corrected chi connectivity index (χ0v) is 10.1. The molecule has 1 heterocycles. The molecule has 9 heteroatoms. The second kappa shape index (κ2) is 6.73. The fourth-order valence-electron chi connectivity index (χ4n) is 1.17. The minimum Gasteiger partial charge on any atom is -0.481 e. The van der Waals surface area contributed by atoms with E-state index in [1.54, 1.807) is 0 Å². The number of aromatic nitrogens is 1. The molecule has 6 nitrogen and oxygen atoms in total. The summed E-state index contributed by atoms with van der Waals surface area (Å²) in [7, 11) is 0. The number of pyridine rings is 1. The van der Waals surface area contributed by atoms with Gasteiger partial charge in [-0.15, -0.1) is 0 Å². The number of nitrogens with zero attached hydrogens (tertiary/aromatic N) is 1. The average Bonchev–Trinajstić information content (AvgIpc) is 2.35. The van der Waals surface area contributed by atoms with Crippen LogP contribution in [0.2, 0.25) is 0 Å². The van der Waals surface area contributed by atoms with E-state index in [1.807, 2.05) is 0 Å². The maximum Gasteiger partial charge on any atom is 0.422 e. The molecule has 1 aromatic heterocycles. The maximum absolute atomic E-state index is 12.0. The Morgan fingerprint density at radius 3 is 2.70 bits per heavy atom. The Hall–Kier alpha value is -2.32. The lowest BCUT2D eigenvalue weighted by Gasteiger charge is -2.09. The van der Waals surface area contributed by atoms with Crippen LogP contribution in [0.1, 0.15) is 16.8 Å². The summed E-state index contributed by atoms with van der Waals surface area (Å²) in [5.74, 6) is -2.03. The molecule has 0 radical (unpaired) electrons. The van der Waals surface area contributed by atoms with E-state index in [0.717, 1.165) is 12.3 Å². The Balaban J connectivity index is 2.58. The van der Waals surface area contributed by atoms with E-state index in [4.69, 9.17) is 5.11 Å². The number of halogens is 3. The number of aliphatic carboxylic acids is 1. The van der Waals surface area contributed by atoms with Crippen molar-refractivity contribution in [1.82, 2.24) is 10.3 Å². The molecule has 1 amide bonds. The number of carboxylic acids is 1. The fraction of sp³-hybridized carbons (Fsp3) is 0.364. The number of rotatable bonds is 6. The quantitative estimate of drug-likeness (QED) is 0.823. The molecule has 0 aliphatic carbocycles. The summed E-state index contributed by atoms with van der Waals surface area (Å²) < 4.78 is 40.3. The highest BCUT2D eigenvalue weighted by Crippen LogP contribution is 2.17. The molecular weight excluding hydrogens is 281 g/mol. The molecule has 1 rings (SSSR count). The standard InChI is InChI=1S/C11H11F3N2O4/c12-11(13,14)6-20-8-5-7(1-3-15-8)10(19)16-4-2-9(17)18/h1,3,5H,2,4,6H2,(H,16,19)(H,17,18). The van der Waals surface area contributed by atoms with Crippen molar-refractivity contribution in [3.63, 3.8) is 0 Å². The van der Waals surface area contributed by atoms with Gasteiger partial charge >= 0.3 is 12.1 Å². The van der Waals surface area contributed by atoms with E-state index in [9.17, 15) is 22.8 Å². The van der Waals surface area contributed by atoms with Crippen molar-refractivity contribution in [3.8, 4) is 5.88 Å². The number of ether oxygens (including phenoxy) is 1. The number of carbonyl (C=O) groups excluding carboxylic acids is 1. The van der Waals surface area contributed by atoms with Crippen molar-refractivity contribution in [1.29, 1.82) is 0 Å². The molecule has 0 spiro atoms. The second-order valence-corrected chi connectivity index (χ2v) is 3.69. The molecule has 2 N–H and O–H groups in total. The van der Waals surface area contributed by atoms with E-state index in [-0.39, 0.29) is 24.4 Å². The highest BCUT2D eigenvalue weighted by Gasteiger charge is 2.28. The van der Waals surface area contributed by atoms with Gasteiger partial charge in [0.25, 0.3) is 5.91 Å². The van der Waals surface area contributed by atoms with Crippen LogP contribution in [-0.2, 0) is 4.79 Å². The van der Waals surface area contributed by atoms with Crippen molar-refractivity contribution in [2.45, 2.75) is 12.6 Å². The van der Waals surface area contributed by atoms with Crippen LogP contribution in [0.4, 0.5) is 13.2 Å². The summed E-state index contributed by atoms with van der Waals surface area (Å²) in [5.41, 5.74) is 0.0302. The molecule has 1 aromatic rings. The molecule has 20 heavy (non-hydrogen) atoms. The molecule has 0 unspecified atom stereocenters. The minimum absolute atomic E-state index is 0.0302. The number of nitrogens with one attached hydrogen (secondary N) is 1. The van der Waals surface area contributed by atoms with E-state index < -0.39 is 24.7 Å². The molecule has 0 saturated carbocycles. The third kappa shape index (κ3) is 6.03. The highest BCUT2D eigenvalue weighted by molar-refractivity contribution is 5.94. The summed E-state index contributed by atoms with van der Waals surface area (Å²) in [6, 6.07) is 2.32. The topological polar surface area (TPSA) is 88.5 Å². The van der Waals surface area contributed by atoms with Gasteiger partial charge in [0, 0.05) is 24.4 Å². The van der Waals surface area contributed by atoms with Crippen LogP contribution in [0.15, 0.2) is 18.3 Å². The number of hydrogen-bond donors (Lipinski definition) is 2. The van der Waals surface area contributed by atoms with Gasteiger partial charge in [-0.2, -0.15) is 13.2 Å². The van der Waals surface area contributed by atoms with Gasteiger partial charge in [0.2, 0.25) is 5.88 Å². The average molecular weight is 292 g/mol. The third-order valence-corrected chi connectivity index (χ3v) is 2.01. The predicted octanol–water partition coefficient (Wildman–Crippen LogP) is 1.23. The van der Waals surface area contributed by atoms with Gasteiger partial charge < -0.3 is 15.2 Å². The molecule has 0 aliphatic rings. The molecule has 110 valence electrons. The van der Waals surface area contributed by atoms with Crippen LogP contribution >= 0.6 is 0 Å². The van der Waals surface area contributed by atoms with Gasteiger partial charge in [-0.05, 0) is 6.07 Å². The molecule has 0 fully saturated rings. The first-order chi connectivity index (χ1) is 9.28. The normalized spacial score (nSPS) is 10.9. The Morgan fingerprint density at radius 2 is 2.10 bits per heavy atom. The second-order valence-electron chi connectivity index (χ2n) is 3.69. The largest absolute Gasteiger partial charge is 0.481 e. The van der Waals surface area contributed by atoms with Crippen molar-refractivity contribution >= 4 is 11.9 Å². The Labute approximate surface area is 111 Å². The summed E-state index contributed by atoms with van der Waals surface area (Å²) in [6.07, 6.45) is -3.63. The number of carboxylic acid groups (broad SMARTS) is 1. The lowest BCUT2D eigenvalue weighted by molar-refractivity contribution is -0.154. The van der Waals surface area contributed by atoms with Gasteiger partial charge in [0.15, 0.2) is 6.61 Å². The maximum atomic E-state index is 12.0. The Bertz CT molecular complexity index is 491. The molecular formula is C11H11F3N2O4. The first-order valence-electron chi connectivity index (χ1n) is 5.43. The van der Waals surface area contributed by atoms with Gasteiger partial charge in [0.05, 0.1) is 6.42 Å². The van der Waals surface area contributed by atoms with Crippen LogP contribution in [-0.4, -0.2) is 41.3 Å². The van der Waals surface area contributed by atoms with Crippen LogP contribution in [0.5, 0.6) is 5.88 Å². The summed E-state index contributed by atoms with van der Waals surface area (Å²) in [5, 5.41) is 10.7. The van der Waals surface area contributed by atoms with Crippen molar-refractivity contribution in [3.05, 3.63) is 23.9 Å². The SMILES string of the molecule is O=C(O)CCNC(=O)c1ccnc(OCC(F)(F)F)c1. The Morgan fingerprint density at radius 1 is 1.40 bits per heavy atom. The van der Waals surface area contributed by atoms with E-state index >= 15 is 0 Å². The first-order valence-corrected chi connectivity index (χ1v) is 5.43. The van der Waals surface area contributed by atoms with E-state index in [2.05, 4.69) is 15.0 Å². The number of carbonyl (C=O) groups is 2. The predicted molar refractivity (Wildman–Crippen MR) is 60.4 cm³/mol. The number of alkyl halides is 3. The molecule has 0 aromatic carbocycles. The molecule has 0 bridgehead atoms. The number of hydrogen-bond acceptors (Lipinski definition) is 4. The highest BCUT2D eigenvalue weighted by atomic mass is 19.4. The fourth-order valence-corrected chi connectivity index (χ4v) is 1.17. The van der Waals surface area contributed by atoms with E-state index in [1.165, 1.54) is 6.07 Å². The van der Waals surface area contributed by atoms with Crippen molar-refractivity contribution in [2.75, 3.05) is 13.2 Å². The van der Waals surface area contributed by atoms with Crippen molar-refractivity contribution < 1.29 is 32.6 Å². The first kappa shape index (κ1) is 15.7. The molecule has 0 atom stereocenters. The summed E-state index contributed by atoms with van der Waals surface area (Å²) in [4.78, 5) is 25.4. The van der Waals surface area contributed by atoms with Crippen LogP contribution in [0, 0.1) is 0 Å². The molecule has 0 aliphatic heterocycles. The third-order valence-electron chi connectivity index (χ3n) is 2.01. The Kier molecular flexibility index (Phi) is 5.30. The van der Waals surface area contributed by atoms with Crippen LogP contribution in [0.25, 0.3) is 0 Å². The lowest BCUT2D eigenvalue weighted by atomic mass is 10.2. The zero-order chi connectivity index (χ0) is 15.2.